The average molecular weight is 414 g/mol. The number of anilines is 2. The van der Waals surface area contributed by atoms with Crippen LogP contribution in [0.4, 0.5) is 11.5 Å². The van der Waals surface area contributed by atoms with Gasteiger partial charge in [0, 0.05) is 17.6 Å². The van der Waals surface area contributed by atoms with Gasteiger partial charge >= 0.3 is 5.97 Å². The van der Waals surface area contributed by atoms with Crippen LogP contribution in [0.25, 0.3) is 10.9 Å². The number of ether oxygens (including phenoxy) is 2. The van der Waals surface area contributed by atoms with Crippen LogP contribution in [0.5, 0.6) is 11.5 Å². The van der Waals surface area contributed by atoms with E-state index in [0.717, 1.165) is 35.4 Å². The third-order valence-corrected chi connectivity index (χ3v) is 4.80. The van der Waals surface area contributed by atoms with E-state index in [1.54, 1.807) is 30.6 Å². The zero-order chi connectivity index (χ0) is 21.6. The largest absolute Gasteiger partial charge is 0.465 e. The van der Waals surface area contributed by atoms with Crippen LogP contribution in [0.1, 0.15) is 15.9 Å². The second kappa shape index (κ2) is 9.13. The van der Waals surface area contributed by atoms with E-state index in [4.69, 9.17) is 15.2 Å². The molecule has 3 N–H and O–H groups in total. The van der Waals surface area contributed by atoms with E-state index >= 15 is 0 Å². The molecule has 0 bridgehead atoms. The molecule has 156 valence electrons. The predicted molar refractivity (Wildman–Crippen MR) is 120 cm³/mol. The van der Waals surface area contributed by atoms with E-state index in [-0.39, 0.29) is 5.97 Å². The Hall–Kier alpha value is -4.13. The first-order chi connectivity index (χ1) is 15.1. The highest BCUT2D eigenvalue weighted by atomic mass is 16.5. The Balaban J connectivity index is 1.34. The van der Waals surface area contributed by atoms with Gasteiger partial charge in [0.2, 0.25) is 0 Å². The molecule has 0 unspecified atom stereocenters. The number of fused-ring (bicyclic) bond motifs is 1. The SMILES string of the molecule is COC(=O)c1ccc(Oc2ccc(CCNc3ncnc4ccc(N)cc34)cc2)cc1. The summed E-state index contributed by atoms with van der Waals surface area (Å²) in [5.41, 5.74) is 9.08. The van der Waals surface area contributed by atoms with E-state index in [0.29, 0.717) is 17.0 Å². The molecule has 3 aromatic carbocycles. The molecule has 0 spiro atoms. The molecule has 31 heavy (non-hydrogen) atoms. The van der Waals surface area contributed by atoms with Crippen LogP contribution >= 0.6 is 0 Å². The Kier molecular flexibility index (Phi) is 5.93. The molecule has 7 nitrogen and oxygen atoms in total. The minimum absolute atomic E-state index is 0.372. The van der Waals surface area contributed by atoms with E-state index in [2.05, 4.69) is 15.3 Å². The molecule has 0 fully saturated rings. The van der Waals surface area contributed by atoms with Crippen LogP contribution in [-0.2, 0) is 11.2 Å². The molecule has 0 aliphatic heterocycles. The second-order valence-corrected chi connectivity index (χ2v) is 6.94. The van der Waals surface area contributed by atoms with Gasteiger partial charge in [0.25, 0.3) is 0 Å². The van der Waals surface area contributed by atoms with Crippen molar-refractivity contribution in [3.8, 4) is 11.5 Å². The maximum absolute atomic E-state index is 11.5. The molecule has 0 radical (unpaired) electrons. The lowest BCUT2D eigenvalue weighted by Crippen LogP contribution is -2.07. The van der Waals surface area contributed by atoms with Crippen molar-refractivity contribution in [2.45, 2.75) is 6.42 Å². The summed E-state index contributed by atoms with van der Waals surface area (Å²) in [6, 6.07) is 20.3. The number of carbonyl (C=O) groups is 1. The molecule has 1 heterocycles. The van der Waals surface area contributed by atoms with Gasteiger partial charge in [0.15, 0.2) is 0 Å². The number of methoxy groups -OCH3 is 1. The Labute approximate surface area is 179 Å². The van der Waals surface area contributed by atoms with Crippen LogP contribution in [-0.4, -0.2) is 29.6 Å². The van der Waals surface area contributed by atoms with Crippen LogP contribution in [0.3, 0.4) is 0 Å². The number of nitrogen functional groups attached to an aromatic ring is 1. The Morgan fingerprint density at radius 1 is 0.968 bits per heavy atom. The molecule has 0 aliphatic rings. The van der Waals surface area contributed by atoms with Crippen molar-refractivity contribution in [3.05, 3.63) is 84.2 Å². The summed E-state index contributed by atoms with van der Waals surface area (Å²) in [6.07, 6.45) is 2.37. The quantitative estimate of drug-likeness (QED) is 0.340. The predicted octanol–water partition coefficient (Wildman–Crippen LogP) is 4.45. The van der Waals surface area contributed by atoms with Crippen LogP contribution in [0.2, 0.25) is 0 Å². The summed E-state index contributed by atoms with van der Waals surface area (Å²) in [5, 5.41) is 4.27. The first kappa shape index (κ1) is 20.2. The third-order valence-electron chi connectivity index (χ3n) is 4.80. The van der Waals surface area contributed by atoms with Crippen molar-refractivity contribution in [1.29, 1.82) is 0 Å². The molecule has 4 rings (SSSR count). The fourth-order valence-corrected chi connectivity index (χ4v) is 3.18. The summed E-state index contributed by atoms with van der Waals surface area (Å²) in [6.45, 7) is 0.718. The molecule has 7 heteroatoms. The van der Waals surface area contributed by atoms with Gasteiger partial charge in [-0.25, -0.2) is 14.8 Å². The lowest BCUT2D eigenvalue weighted by atomic mass is 10.1. The number of nitrogens with one attached hydrogen (secondary N) is 1. The zero-order valence-corrected chi connectivity index (χ0v) is 17.0. The first-order valence-corrected chi connectivity index (χ1v) is 9.81. The standard InChI is InChI=1S/C24H22N4O3/c1-30-24(29)17-4-9-20(10-5-17)31-19-7-2-16(3-8-19)12-13-26-23-21-14-18(25)6-11-22(21)27-15-28-23/h2-11,14-15H,12-13,25H2,1H3,(H,26,27,28). The molecule has 0 aliphatic carbocycles. The van der Waals surface area contributed by atoms with Gasteiger partial charge in [-0.2, -0.15) is 0 Å². The van der Waals surface area contributed by atoms with Crippen molar-refractivity contribution < 1.29 is 14.3 Å². The van der Waals surface area contributed by atoms with E-state index < -0.39 is 0 Å². The number of rotatable bonds is 7. The molecule has 0 amide bonds. The number of carbonyl (C=O) groups excluding carboxylic acids is 1. The van der Waals surface area contributed by atoms with E-state index in [9.17, 15) is 4.79 Å². The molecule has 0 saturated carbocycles. The highest BCUT2D eigenvalue weighted by molar-refractivity contribution is 5.91. The van der Waals surface area contributed by atoms with Gasteiger partial charge in [-0.3, -0.25) is 0 Å². The topological polar surface area (TPSA) is 99.4 Å². The number of nitrogens with two attached hydrogens (primary N) is 1. The molecular formula is C24H22N4O3. The summed E-state index contributed by atoms with van der Waals surface area (Å²) in [5.74, 6) is 1.77. The minimum atomic E-state index is -0.372. The number of benzene rings is 3. The fraction of sp³-hybridized carbons (Fsp3) is 0.125. The summed E-state index contributed by atoms with van der Waals surface area (Å²) >= 11 is 0. The zero-order valence-electron chi connectivity index (χ0n) is 17.0. The molecular weight excluding hydrogens is 392 g/mol. The van der Waals surface area contributed by atoms with Gasteiger partial charge in [0.1, 0.15) is 23.6 Å². The highest BCUT2D eigenvalue weighted by Gasteiger charge is 2.06. The second-order valence-electron chi connectivity index (χ2n) is 6.94. The van der Waals surface area contributed by atoms with Crippen molar-refractivity contribution in [3.63, 3.8) is 0 Å². The fourth-order valence-electron chi connectivity index (χ4n) is 3.18. The van der Waals surface area contributed by atoms with E-state index in [1.165, 1.54) is 12.7 Å². The third kappa shape index (κ3) is 4.90. The van der Waals surface area contributed by atoms with Crippen molar-refractivity contribution in [1.82, 2.24) is 9.97 Å². The molecule has 1 aromatic heterocycles. The maximum atomic E-state index is 11.5. The van der Waals surface area contributed by atoms with Crippen LogP contribution < -0.4 is 15.8 Å². The molecule has 4 aromatic rings. The van der Waals surface area contributed by atoms with Gasteiger partial charge < -0.3 is 20.5 Å². The molecule has 0 saturated heterocycles. The summed E-state index contributed by atoms with van der Waals surface area (Å²) < 4.78 is 10.5. The first-order valence-electron chi connectivity index (χ1n) is 9.81. The van der Waals surface area contributed by atoms with Gasteiger partial charge in [-0.05, 0) is 66.6 Å². The highest BCUT2D eigenvalue weighted by Crippen LogP contribution is 2.23. The van der Waals surface area contributed by atoms with Crippen molar-refractivity contribution in [2.75, 3.05) is 24.7 Å². The number of nitrogens with zero attached hydrogens (tertiary/aromatic N) is 2. The monoisotopic (exact) mass is 414 g/mol. The van der Waals surface area contributed by atoms with E-state index in [1.807, 2.05) is 42.5 Å². The van der Waals surface area contributed by atoms with Gasteiger partial charge in [-0.1, -0.05) is 12.1 Å². The minimum Gasteiger partial charge on any atom is -0.465 e. The van der Waals surface area contributed by atoms with Crippen molar-refractivity contribution in [2.24, 2.45) is 0 Å². The van der Waals surface area contributed by atoms with Gasteiger partial charge in [0.05, 0.1) is 18.2 Å². The van der Waals surface area contributed by atoms with Crippen LogP contribution in [0, 0.1) is 0 Å². The number of hydrogen-bond acceptors (Lipinski definition) is 7. The Morgan fingerprint density at radius 2 is 1.68 bits per heavy atom. The average Bonchev–Trinajstić information content (AvgIpc) is 2.80. The Morgan fingerprint density at radius 3 is 2.39 bits per heavy atom. The number of aromatic nitrogens is 2. The summed E-state index contributed by atoms with van der Waals surface area (Å²) in [7, 11) is 1.36. The number of hydrogen-bond donors (Lipinski definition) is 2. The maximum Gasteiger partial charge on any atom is 0.337 e. The smallest absolute Gasteiger partial charge is 0.337 e. The lowest BCUT2D eigenvalue weighted by Gasteiger charge is -2.10. The van der Waals surface area contributed by atoms with Crippen molar-refractivity contribution >= 4 is 28.4 Å². The molecule has 0 atom stereocenters. The van der Waals surface area contributed by atoms with Gasteiger partial charge in [-0.15, -0.1) is 0 Å². The Bertz CT molecular complexity index is 1190. The normalized spacial score (nSPS) is 10.6. The summed E-state index contributed by atoms with van der Waals surface area (Å²) in [4.78, 5) is 20.1. The number of esters is 1. The van der Waals surface area contributed by atoms with Crippen LogP contribution in [0.15, 0.2) is 73.1 Å². The lowest BCUT2D eigenvalue weighted by molar-refractivity contribution is 0.0600.